The highest BCUT2D eigenvalue weighted by Gasteiger charge is 2.19. The second-order valence-corrected chi connectivity index (χ2v) is 7.58. The van der Waals surface area contributed by atoms with Gasteiger partial charge in [0.15, 0.2) is 0 Å². The van der Waals surface area contributed by atoms with Crippen molar-refractivity contribution in [1.29, 1.82) is 0 Å². The van der Waals surface area contributed by atoms with Crippen LogP contribution < -0.4 is 4.90 Å². The Bertz CT molecular complexity index is 1080. The van der Waals surface area contributed by atoms with Crippen molar-refractivity contribution in [2.75, 3.05) is 37.6 Å². The molecule has 5 rings (SSSR count). The van der Waals surface area contributed by atoms with Crippen molar-refractivity contribution in [3.8, 4) is 0 Å². The summed E-state index contributed by atoms with van der Waals surface area (Å²) in [5.41, 5.74) is 4.62. The average Bonchev–Trinajstić information content (AvgIpc) is 3.34. The van der Waals surface area contributed by atoms with E-state index in [0.29, 0.717) is 0 Å². The largest absolute Gasteiger partial charge is 0.464 e. The number of hydrogen-bond acceptors (Lipinski definition) is 3. The lowest BCUT2D eigenvalue weighted by molar-refractivity contribution is 0.261. The Morgan fingerprint density at radius 3 is 2.74 bits per heavy atom. The number of furan rings is 1. The van der Waals surface area contributed by atoms with Gasteiger partial charge >= 0.3 is 0 Å². The molecule has 1 N–H and O–H groups in total. The van der Waals surface area contributed by atoms with Gasteiger partial charge < -0.3 is 14.3 Å². The van der Waals surface area contributed by atoms with E-state index >= 15 is 0 Å². The third-order valence-electron chi connectivity index (χ3n) is 5.61. The van der Waals surface area contributed by atoms with Crippen LogP contribution in [0.15, 0.2) is 59.3 Å². The van der Waals surface area contributed by atoms with Gasteiger partial charge in [0.1, 0.15) is 5.58 Å². The van der Waals surface area contributed by atoms with Crippen molar-refractivity contribution in [2.45, 2.75) is 6.42 Å². The number of nitrogens with zero attached hydrogens (tertiary/aromatic N) is 2. The topological polar surface area (TPSA) is 35.4 Å². The number of benzene rings is 2. The maximum Gasteiger partial charge on any atom is 0.135 e. The summed E-state index contributed by atoms with van der Waals surface area (Å²) >= 11 is 6.37. The first-order valence-electron chi connectivity index (χ1n) is 9.47. The van der Waals surface area contributed by atoms with Crippen LogP contribution in [0.5, 0.6) is 0 Å². The van der Waals surface area contributed by atoms with Gasteiger partial charge in [0.05, 0.1) is 11.3 Å². The Kier molecular flexibility index (Phi) is 4.30. The molecular formula is C22H22ClN3O. The molecule has 5 heteroatoms. The number of rotatable bonds is 4. The van der Waals surface area contributed by atoms with E-state index in [4.69, 9.17) is 16.0 Å². The Hall–Kier alpha value is -2.43. The highest BCUT2D eigenvalue weighted by Crippen LogP contribution is 2.29. The van der Waals surface area contributed by atoms with Crippen molar-refractivity contribution in [1.82, 2.24) is 9.88 Å². The summed E-state index contributed by atoms with van der Waals surface area (Å²) in [6, 6.07) is 14.5. The summed E-state index contributed by atoms with van der Waals surface area (Å²) in [4.78, 5) is 8.33. The molecule has 0 bridgehead atoms. The smallest absolute Gasteiger partial charge is 0.135 e. The van der Waals surface area contributed by atoms with Crippen molar-refractivity contribution in [3.05, 3.63) is 65.5 Å². The van der Waals surface area contributed by atoms with Gasteiger partial charge in [-0.1, -0.05) is 23.7 Å². The van der Waals surface area contributed by atoms with E-state index in [1.807, 2.05) is 30.7 Å². The first-order chi connectivity index (χ1) is 13.3. The quantitative estimate of drug-likeness (QED) is 0.546. The summed E-state index contributed by atoms with van der Waals surface area (Å²) in [5, 5.41) is 3.16. The number of fused-ring (bicyclic) bond motifs is 2. The van der Waals surface area contributed by atoms with E-state index in [2.05, 4.69) is 39.0 Å². The fourth-order valence-corrected chi connectivity index (χ4v) is 4.41. The zero-order chi connectivity index (χ0) is 18.2. The maximum absolute atomic E-state index is 6.37. The van der Waals surface area contributed by atoms with Crippen molar-refractivity contribution in [2.24, 2.45) is 0 Å². The average molecular weight is 380 g/mol. The van der Waals surface area contributed by atoms with Crippen LogP contribution in [0.1, 0.15) is 5.56 Å². The van der Waals surface area contributed by atoms with E-state index in [0.717, 1.165) is 55.1 Å². The standard InChI is InChI=1S/C22H22ClN3O/c23-18-3-1-6-21-22(18)16(15-27-21)8-10-25-11-13-26(14-12-25)20-5-2-4-19-17(20)7-9-24-19/h1-7,9,15,24H,8,10-14H2. The Balaban J connectivity index is 1.24. The molecule has 2 aromatic heterocycles. The highest BCUT2D eigenvalue weighted by atomic mass is 35.5. The van der Waals surface area contributed by atoms with Gasteiger partial charge in [-0.05, 0) is 36.8 Å². The molecule has 27 heavy (non-hydrogen) atoms. The molecule has 1 aliphatic heterocycles. The monoisotopic (exact) mass is 379 g/mol. The van der Waals surface area contributed by atoms with Crippen LogP contribution in [0.3, 0.4) is 0 Å². The van der Waals surface area contributed by atoms with Crippen LogP contribution in [0.4, 0.5) is 5.69 Å². The molecule has 0 spiro atoms. The lowest BCUT2D eigenvalue weighted by atomic mass is 10.1. The Morgan fingerprint density at radius 2 is 1.85 bits per heavy atom. The van der Waals surface area contributed by atoms with Gasteiger partial charge in [-0.15, -0.1) is 0 Å². The lowest BCUT2D eigenvalue weighted by Crippen LogP contribution is -2.47. The van der Waals surface area contributed by atoms with E-state index in [9.17, 15) is 0 Å². The maximum atomic E-state index is 6.37. The SMILES string of the molecule is Clc1cccc2occ(CCN3CCN(c4cccc5[nH]ccc45)CC3)c12. The molecule has 1 aliphatic rings. The summed E-state index contributed by atoms with van der Waals surface area (Å²) in [5.74, 6) is 0. The minimum absolute atomic E-state index is 0.778. The third kappa shape index (κ3) is 3.09. The van der Waals surface area contributed by atoms with Gasteiger partial charge in [-0.2, -0.15) is 0 Å². The van der Waals surface area contributed by atoms with Gasteiger partial charge in [0.25, 0.3) is 0 Å². The lowest BCUT2D eigenvalue weighted by Gasteiger charge is -2.36. The molecule has 0 amide bonds. The minimum atomic E-state index is 0.778. The number of aromatic nitrogens is 1. The molecule has 4 nitrogen and oxygen atoms in total. The molecule has 0 saturated carbocycles. The fraction of sp³-hybridized carbons (Fsp3) is 0.273. The molecule has 0 unspecified atom stereocenters. The molecular weight excluding hydrogens is 358 g/mol. The molecule has 0 radical (unpaired) electrons. The van der Waals surface area contributed by atoms with E-state index in [1.54, 1.807) is 0 Å². The van der Waals surface area contributed by atoms with Crippen molar-refractivity contribution < 1.29 is 4.42 Å². The molecule has 2 aromatic carbocycles. The zero-order valence-corrected chi connectivity index (χ0v) is 15.9. The summed E-state index contributed by atoms with van der Waals surface area (Å²) in [6.07, 6.45) is 4.84. The van der Waals surface area contributed by atoms with Gasteiger partial charge in [0.2, 0.25) is 0 Å². The molecule has 0 atom stereocenters. The van der Waals surface area contributed by atoms with Crippen molar-refractivity contribution in [3.63, 3.8) is 0 Å². The van der Waals surface area contributed by atoms with Crippen LogP contribution in [0, 0.1) is 0 Å². The van der Waals surface area contributed by atoms with Crippen LogP contribution in [0.25, 0.3) is 21.9 Å². The van der Waals surface area contributed by atoms with E-state index < -0.39 is 0 Å². The Labute approximate surface area is 163 Å². The summed E-state index contributed by atoms with van der Waals surface area (Å²) in [7, 11) is 0. The second kappa shape index (κ2) is 6.95. The van der Waals surface area contributed by atoms with Crippen LogP contribution >= 0.6 is 11.6 Å². The fourth-order valence-electron chi connectivity index (χ4n) is 4.13. The predicted molar refractivity (Wildman–Crippen MR) is 112 cm³/mol. The number of piperazine rings is 1. The van der Waals surface area contributed by atoms with Crippen LogP contribution in [-0.4, -0.2) is 42.6 Å². The predicted octanol–water partition coefficient (Wildman–Crippen LogP) is 4.93. The number of H-pyrrole nitrogens is 1. The van der Waals surface area contributed by atoms with E-state index in [-0.39, 0.29) is 0 Å². The number of anilines is 1. The van der Waals surface area contributed by atoms with Crippen LogP contribution in [0.2, 0.25) is 5.02 Å². The van der Waals surface area contributed by atoms with Gasteiger partial charge in [0, 0.05) is 66.5 Å². The summed E-state index contributed by atoms with van der Waals surface area (Å²) < 4.78 is 5.66. The zero-order valence-electron chi connectivity index (χ0n) is 15.1. The Morgan fingerprint density at radius 1 is 1.00 bits per heavy atom. The van der Waals surface area contributed by atoms with Gasteiger partial charge in [-0.3, -0.25) is 4.90 Å². The molecule has 3 heterocycles. The summed E-state index contributed by atoms with van der Waals surface area (Å²) in [6.45, 7) is 5.28. The molecule has 0 aliphatic carbocycles. The number of hydrogen-bond donors (Lipinski definition) is 1. The minimum Gasteiger partial charge on any atom is -0.464 e. The molecule has 1 saturated heterocycles. The molecule has 4 aromatic rings. The van der Waals surface area contributed by atoms with Gasteiger partial charge in [-0.25, -0.2) is 0 Å². The van der Waals surface area contributed by atoms with Crippen LogP contribution in [-0.2, 0) is 6.42 Å². The number of halogens is 1. The normalized spacial score (nSPS) is 15.8. The second-order valence-electron chi connectivity index (χ2n) is 7.17. The first kappa shape index (κ1) is 16.7. The number of aromatic amines is 1. The van der Waals surface area contributed by atoms with E-state index in [1.165, 1.54) is 22.2 Å². The number of nitrogens with one attached hydrogen (secondary N) is 1. The van der Waals surface area contributed by atoms with Crippen molar-refractivity contribution >= 4 is 39.2 Å². The first-order valence-corrected chi connectivity index (χ1v) is 9.85. The molecule has 138 valence electrons. The molecule has 1 fully saturated rings. The highest BCUT2D eigenvalue weighted by molar-refractivity contribution is 6.35. The third-order valence-corrected chi connectivity index (χ3v) is 5.92.